The van der Waals surface area contributed by atoms with Gasteiger partial charge in [-0.2, -0.15) is 0 Å². The highest BCUT2D eigenvalue weighted by molar-refractivity contribution is 9.10. The van der Waals surface area contributed by atoms with E-state index in [2.05, 4.69) is 20.8 Å². The molecule has 0 radical (unpaired) electrons. The monoisotopic (exact) mass is 298 g/mol. The first-order valence-electron chi connectivity index (χ1n) is 6.15. The summed E-state index contributed by atoms with van der Waals surface area (Å²) in [6.07, 6.45) is 5.02. The Kier molecular flexibility index (Phi) is 4.29. The smallest absolute Gasteiger partial charge is 0.0606 e. The largest absolute Gasteiger partial charge is 0.399 e. The van der Waals surface area contributed by atoms with Gasteiger partial charge in [-0.05, 0) is 47.0 Å². The van der Waals surface area contributed by atoms with Gasteiger partial charge in [-0.25, -0.2) is 0 Å². The highest BCUT2D eigenvalue weighted by atomic mass is 79.9. The SMILES string of the molecule is Nc1ccc(N(CCO)C2CCCC2)c(Br)c1. The molecule has 3 nitrogen and oxygen atoms in total. The molecule has 0 aliphatic heterocycles. The fraction of sp³-hybridized carbons (Fsp3) is 0.538. The Morgan fingerprint density at radius 2 is 2.06 bits per heavy atom. The van der Waals surface area contributed by atoms with E-state index < -0.39 is 0 Å². The molecule has 1 saturated carbocycles. The van der Waals surface area contributed by atoms with Crippen LogP contribution in [0.4, 0.5) is 11.4 Å². The first-order chi connectivity index (χ1) is 8.22. The molecule has 0 saturated heterocycles. The van der Waals surface area contributed by atoms with Gasteiger partial charge < -0.3 is 15.7 Å². The van der Waals surface area contributed by atoms with Crippen LogP contribution in [0.2, 0.25) is 0 Å². The minimum atomic E-state index is 0.188. The number of nitrogen functional groups attached to an aromatic ring is 1. The normalized spacial score (nSPS) is 16.4. The fourth-order valence-corrected chi connectivity index (χ4v) is 3.20. The first kappa shape index (κ1) is 12.7. The minimum absolute atomic E-state index is 0.188. The van der Waals surface area contributed by atoms with Crippen molar-refractivity contribution in [3.05, 3.63) is 22.7 Å². The van der Waals surface area contributed by atoms with Gasteiger partial charge in [0.05, 0.1) is 12.3 Å². The van der Waals surface area contributed by atoms with Crippen molar-refractivity contribution < 1.29 is 5.11 Å². The van der Waals surface area contributed by atoms with Gasteiger partial charge in [0.2, 0.25) is 0 Å². The highest BCUT2D eigenvalue weighted by Crippen LogP contribution is 2.33. The van der Waals surface area contributed by atoms with E-state index in [1.54, 1.807) is 0 Å². The van der Waals surface area contributed by atoms with Gasteiger partial charge in [0.15, 0.2) is 0 Å². The van der Waals surface area contributed by atoms with Gasteiger partial charge in [-0.15, -0.1) is 0 Å². The van der Waals surface area contributed by atoms with Crippen LogP contribution in [-0.2, 0) is 0 Å². The third-order valence-corrected chi connectivity index (χ3v) is 4.02. The van der Waals surface area contributed by atoms with E-state index in [-0.39, 0.29) is 6.61 Å². The lowest BCUT2D eigenvalue weighted by Crippen LogP contribution is -2.35. The van der Waals surface area contributed by atoms with E-state index in [0.717, 1.165) is 15.8 Å². The number of hydrogen-bond acceptors (Lipinski definition) is 3. The zero-order chi connectivity index (χ0) is 12.3. The summed E-state index contributed by atoms with van der Waals surface area (Å²) >= 11 is 3.56. The van der Waals surface area contributed by atoms with Crippen LogP contribution in [0, 0.1) is 0 Å². The Balaban J connectivity index is 2.24. The van der Waals surface area contributed by atoms with Crippen molar-refractivity contribution in [3.63, 3.8) is 0 Å². The number of hydrogen-bond donors (Lipinski definition) is 2. The Morgan fingerprint density at radius 1 is 1.35 bits per heavy atom. The van der Waals surface area contributed by atoms with Crippen LogP contribution in [0.15, 0.2) is 22.7 Å². The molecule has 94 valence electrons. The van der Waals surface area contributed by atoms with Crippen LogP contribution in [0.5, 0.6) is 0 Å². The van der Waals surface area contributed by atoms with Crippen LogP contribution in [0.25, 0.3) is 0 Å². The van der Waals surface area contributed by atoms with E-state index in [9.17, 15) is 5.11 Å². The second kappa shape index (κ2) is 5.74. The number of benzene rings is 1. The quantitative estimate of drug-likeness (QED) is 0.841. The maximum Gasteiger partial charge on any atom is 0.0606 e. The molecule has 1 aromatic rings. The summed E-state index contributed by atoms with van der Waals surface area (Å²) in [5, 5.41) is 9.22. The van der Waals surface area contributed by atoms with E-state index in [1.807, 2.05) is 18.2 Å². The third kappa shape index (κ3) is 2.93. The summed E-state index contributed by atoms with van der Waals surface area (Å²) in [7, 11) is 0. The summed E-state index contributed by atoms with van der Waals surface area (Å²) in [6.45, 7) is 0.875. The molecule has 4 heteroatoms. The maximum atomic E-state index is 9.22. The lowest BCUT2D eigenvalue weighted by Gasteiger charge is -2.31. The molecule has 1 aromatic carbocycles. The minimum Gasteiger partial charge on any atom is -0.399 e. The second-order valence-electron chi connectivity index (χ2n) is 4.57. The summed E-state index contributed by atoms with van der Waals surface area (Å²) in [5.41, 5.74) is 7.66. The van der Waals surface area contributed by atoms with Crippen LogP contribution in [-0.4, -0.2) is 24.3 Å². The number of halogens is 1. The van der Waals surface area contributed by atoms with E-state index in [1.165, 1.54) is 25.7 Å². The van der Waals surface area contributed by atoms with Crippen molar-refractivity contribution in [2.24, 2.45) is 0 Å². The standard InChI is InChI=1S/C13H19BrN2O/c14-12-9-10(15)5-6-13(12)16(7-8-17)11-3-1-2-4-11/h5-6,9,11,17H,1-4,7-8,15H2. The first-order valence-corrected chi connectivity index (χ1v) is 6.94. The molecule has 0 heterocycles. The number of anilines is 2. The topological polar surface area (TPSA) is 49.5 Å². The summed E-state index contributed by atoms with van der Waals surface area (Å²) in [6, 6.07) is 6.43. The highest BCUT2D eigenvalue weighted by Gasteiger charge is 2.23. The van der Waals surface area contributed by atoms with Gasteiger partial charge in [0.1, 0.15) is 0 Å². The number of aliphatic hydroxyl groups excluding tert-OH is 1. The van der Waals surface area contributed by atoms with Gasteiger partial charge >= 0.3 is 0 Å². The Labute approximate surface area is 111 Å². The number of aliphatic hydroxyl groups is 1. The van der Waals surface area contributed by atoms with Crippen LogP contribution >= 0.6 is 15.9 Å². The van der Waals surface area contributed by atoms with E-state index in [0.29, 0.717) is 12.6 Å². The summed E-state index contributed by atoms with van der Waals surface area (Å²) in [4.78, 5) is 2.30. The Hall–Kier alpha value is -0.740. The molecular weight excluding hydrogens is 280 g/mol. The summed E-state index contributed by atoms with van der Waals surface area (Å²) in [5.74, 6) is 0. The van der Waals surface area contributed by atoms with Crippen molar-refractivity contribution in [3.8, 4) is 0 Å². The molecule has 17 heavy (non-hydrogen) atoms. The molecule has 0 unspecified atom stereocenters. The number of nitrogens with zero attached hydrogens (tertiary/aromatic N) is 1. The third-order valence-electron chi connectivity index (χ3n) is 3.39. The molecule has 1 aliphatic rings. The van der Waals surface area contributed by atoms with Crippen molar-refractivity contribution in [1.82, 2.24) is 0 Å². The zero-order valence-corrected chi connectivity index (χ0v) is 11.5. The maximum absolute atomic E-state index is 9.22. The van der Waals surface area contributed by atoms with Crippen LogP contribution in [0.1, 0.15) is 25.7 Å². The molecule has 1 fully saturated rings. The Morgan fingerprint density at radius 3 is 2.65 bits per heavy atom. The average molecular weight is 299 g/mol. The van der Waals surface area contributed by atoms with E-state index in [4.69, 9.17) is 5.73 Å². The Bertz CT molecular complexity index is 378. The van der Waals surface area contributed by atoms with Crippen molar-refractivity contribution in [2.75, 3.05) is 23.8 Å². The molecule has 0 atom stereocenters. The molecule has 0 aromatic heterocycles. The zero-order valence-electron chi connectivity index (χ0n) is 9.90. The molecular formula is C13H19BrN2O. The van der Waals surface area contributed by atoms with Crippen molar-refractivity contribution in [1.29, 1.82) is 0 Å². The van der Waals surface area contributed by atoms with Crippen molar-refractivity contribution >= 4 is 27.3 Å². The molecule has 3 N–H and O–H groups in total. The van der Waals surface area contributed by atoms with Crippen LogP contribution in [0.3, 0.4) is 0 Å². The van der Waals surface area contributed by atoms with Gasteiger partial charge in [0.25, 0.3) is 0 Å². The average Bonchev–Trinajstić information content (AvgIpc) is 2.80. The number of rotatable bonds is 4. The molecule has 1 aliphatic carbocycles. The lowest BCUT2D eigenvalue weighted by atomic mass is 10.1. The fourth-order valence-electron chi connectivity index (χ4n) is 2.58. The van der Waals surface area contributed by atoms with Crippen LogP contribution < -0.4 is 10.6 Å². The molecule has 0 spiro atoms. The second-order valence-corrected chi connectivity index (χ2v) is 5.42. The number of nitrogens with two attached hydrogens (primary N) is 1. The summed E-state index contributed by atoms with van der Waals surface area (Å²) < 4.78 is 1.01. The molecule has 0 bridgehead atoms. The van der Waals surface area contributed by atoms with Crippen molar-refractivity contribution in [2.45, 2.75) is 31.7 Å². The predicted octanol–water partition coefficient (Wildman–Crippen LogP) is 2.77. The predicted molar refractivity (Wildman–Crippen MR) is 75.2 cm³/mol. The van der Waals surface area contributed by atoms with Gasteiger partial charge in [-0.3, -0.25) is 0 Å². The van der Waals surface area contributed by atoms with Gasteiger partial charge in [-0.1, -0.05) is 12.8 Å². The molecule has 2 rings (SSSR count). The van der Waals surface area contributed by atoms with E-state index >= 15 is 0 Å². The molecule has 0 amide bonds. The van der Waals surface area contributed by atoms with Gasteiger partial charge in [0, 0.05) is 22.7 Å². The lowest BCUT2D eigenvalue weighted by molar-refractivity contribution is 0.297.